The number of aliphatic hydroxyl groups is 2. The Balaban J connectivity index is 2.93. The Morgan fingerprint density at radius 2 is 2.17 bits per heavy atom. The number of carbonyl (C=O) groups excluding carboxylic acids is 1. The van der Waals surface area contributed by atoms with Crippen LogP contribution in [0.2, 0.25) is 0 Å². The monoisotopic (exact) mass is 170 g/mol. The van der Waals surface area contributed by atoms with Gasteiger partial charge in [-0.2, -0.15) is 0 Å². The summed E-state index contributed by atoms with van der Waals surface area (Å²) < 4.78 is 0. The maximum absolute atomic E-state index is 10.9. The van der Waals surface area contributed by atoms with Gasteiger partial charge in [0.1, 0.15) is 5.76 Å². The first kappa shape index (κ1) is 9.26. The molecule has 0 saturated carbocycles. The Kier molecular flexibility index (Phi) is 2.52. The molecule has 0 aliphatic heterocycles. The summed E-state index contributed by atoms with van der Waals surface area (Å²) in [6.07, 6.45) is 0.302. The molecule has 1 aliphatic rings. The summed E-state index contributed by atoms with van der Waals surface area (Å²) in [5, 5.41) is 18.8. The largest absolute Gasteiger partial charge is 0.512 e. The van der Waals surface area contributed by atoms with Gasteiger partial charge in [0.25, 0.3) is 0 Å². The fraction of sp³-hybridized carbons (Fsp3) is 0.667. The quantitative estimate of drug-likeness (QED) is 0.621. The van der Waals surface area contributed by atoms with Crippen LogP contribution in [0.15, 0.2) is 11.3 Å². The highest BCUT2D eigenvalue weighted by Gasteiger charge is 2.27. The SMILES string of the molecule is CC(=O)C1=C(O)CC(C)CC1O. The Bertz CT molecular complexity index is 230. The van der Waals surface area contributed by atoms with Gasteiger partial charge in [-0.1, -0.05) is 6.92 Å². The molecule has 12 heavy (non-hydrogen) atoms. The molecule has 0 spiro atoms. The van der Waals surface area contributed by atoms with Gasteiger partial charge in [0.05, 0.1) is 11.7 Å². The number of hydrogen-bond donors (Lipinski definition) is 2. The predicted molar refractivity (Wildman–Crippen MR) is 44.7 cm³/mol. The number of rotatable bonds is 1. The van der Waals surface area contributed by atoms with E-state index in [4.69, 9.17) is 0 Å². The van der Waals surface area contributed by atoms with E-state index >= 15 is 0 Å². The normalized spacial score (nSPS) is 30.6. The van der Waals surface area contributed by atoms with E-state index in [0.29, 0.717) is 12.8 Å². The molecule has 2 N–H and O–H groups in total. The van der Waals surface area contributed by atoms with E-state index in [1.54, 1.807) is 0 Å². The minimum Gasteiger partial charge on any atom is -0.512 e. The molecule has 0 saturated heterocycles. The van der Waals surface area contributed by atoms with Crippen LogP contribution >= 0.6 is 0 Å². The van der Waals surface area contributed by atoms with E-state index in [9.17, 15) is 15.0 Å². The minimum absolute atomic E-state index is 0.0637. The smallest absolute Gasteiger partial charge is 0.161 e. The molecule has 0 fully saturated rings. The number of allylic oxidation sites excluding steroid dienone is 1. The van der Waals surface area contributed by atoms with Crippen molar-refractivity contribution in [2.24, 2.45) is 5.92 Å². The Hall–Kier alpha value is -0.830. The van der Waals surface area contributed by atoms with Crippen molar-refractivity contribution in [1.82, 2.24) is 0 Å². The topological polar surface area (TPSA) is 57.5 Å². The lowest BCUT2D eigenvalue weighted by atomic mass is 9.86. The average Bonchev–Trinajstić information content (AvgIpc) is 1.82. The van der Waals surface area contributed by atoms with E-state index in [1.165, 1.54) is 6.92 Å². The first-order valence-electron chi connectivity index (χ1n) is 4.13. The predicted octanol–water partition coefficient (Wildman–Crippen LogP) is 1.18. The molecule has 1 rings (SSSR count). The number of carbonyl (C=O) groups is 1. The highest BCUT2D eigenvalue weighted by atomic mass is 16.3. The molecule has 2 atom stereocenters. The maximum atomic E-state index is 10.9. The van der Waals surface area contributed by atoms with Gasteiger partial charge in [-0.25, -0.2) is 0 Å². The molecule has 3 nitrogen and oxygen atoms in total. The van der Waals surface area contributed by atoms with Crippen molar-refractivity contribution in [3.05, 3.63) is 11.3 Å². The van der Waals surface area contributed by atoms with Crippen molar-refractivity contribution in [2.45, 2.75) is 32.8 Å². The lowest BCUT2D eigenvalue weighted by Crippen LogP contribution is -2.26. The molecule has 0 heterocycles. The summed E-state index contributed by atoms with van der Waals surface area (Å²) in [7, 11) is 0. The third kappa shape index (κ3) is 1.67. The molecular weight excluding hydrogens is 156 g/mol. The highest BCUT2D eigenvalue weighted by Crippen LogP contribution is 2.28. The van der Waals surface area contributed by atoms with E-state index in [0.717, 1.165) is 0 Å². The fourth-order valence-electron chi connectivity index (χ4n) is 1.65. The van der Waals surface area contributed by atoms with Crippen LogP contribution in [0.3, 0.4) is 0 Å². The summed E-state index contributed by atoms with van der Waals surface area (Å²) in [6.45, 7) is 3.31. The van der Waals surface area contributed by atoms with Crippen LogP contribution in [0.25, 0.3) is 0 Å². The first-order chi connectivity index (χ1) is 5.52. The molecule has 2 unspecified atom stereocenters. The highest BCUT2D eigenvalue weighted by molar-refractivity contribution is 5.94. The molecule has 3 heteroatoms. The molecule has 0 amide bonds. The molecule has 1 aliphatic carbocycles. The lowest BCUT2D eigenvalue weighted by molar-refractivity contribution is -0.115. The van der Waals surface area contributed by atoms with Gasteiger partial charge in [-0.05, 0) is 19.3 Å². The van der Waals surface area contributed by atoms with Crippen molar-refractivity contribution < 1.29 is 15.0 Å². The number of aliphatic hydroxyl groups excluding tert-OH is 2. The summed E-state index contributed by atoms with van der Waals surface area (Å²) in [5.41, 5.74) is 0.202. The van der Waals surface area contributed by atoms with Gasteiger partial charge in [0.15, 0.2) is 5.78 Å². The van der Waals surface area contributed by atoms with Crippen LogP contribution in [0.5, 0.6) is 0 Å². The van der Waals surface area contributed by atoms with Gasteiger partial charge in [0, 0.05) is 6.42 Å². The van der Waals surface area contributed by atoms with Gasteiger partial charge >= 0.3 is 0 Å². The third-order valence-corrected chi connectivity index (χ3v) is 2.19. The Morgan fingerprint density at radius 3 is 2.58 bits per heavy atom. The van der Waals surface area contributed by atoms with Gasteiger partial charge in [-0.3, -0.25) is 4.79 Å². The summed E-state index contributed by atoms with van der Waals surface area (Å²) in [5.74, 6) is 0.0868. The van der Waals surface area contributed by atoms with Crippen molar-refractivity contribution in [3.8, 4) is 0 Å². The first-order valence-corrected chi connectivity index (χ1v) is 4.13. The van der Waals surface area contributed by atoms with Crippen molar-refractivity contribution >= 4 is 5.78 Å². The van der Waals surface area contributed by atoms with E-state index in [1.807, 2.05) is 6.92 Å². The molecule has 0 radical (unpaired) electrons. The van der Waals surface area contributed by atoms with Crippen LogP contribution in [0.1, 0.15) is 26.7 Å². The fourth-order valence-corrected chi connectivity index (χ4v) is 1.65. The van der Waals surface area contributed by atoms with Crippen LogP contribution in [-0.2, 0) is 4.79 Å². The molecule has 0 aromatic heterocycles. The van der Waals surface area contributed by atoms with E-state index < -0.39 is 6.10 Å². The third-order valence-electron chi connectivity index (χ3n) is 2.19. The molecule has 68 valence electrons. The lowest BCUT2D eigenvalue weighted by Gasteiger charge is -2.24. The maximum Gasteiger partial charge on any atom is 0.161 e. The zero-order valence-corrected chi connectivity index (χ0v) is 7.37. The number of Topliss-reactive ketones (excluding diaryl/α,β-unsaturated/α-hetero) is 1. The summed E-state index contributed by atoms with van der Waals surface area (Å²) in [6, 6.07) is 0. The van der Waals surface area contributed by atoms with Gasteiger partial charge < -0.3 is 10.2 Å². The average molecular weight is 170 g/mol. The Labute approximate surface area is 71.7 Å². The van der Waals surface area contributed by atoms with Gasteiger partial charge in [0.2, 0.25) is 0 Å². The van der Waals surface area contributed by atoms with Crippen molar-refractivity contribution in [3.63, 3.8) is 0 Å². The molecule has 0 aromatic rings. The number of ketones is 1. The second kappa shape index (κ2) is 3.27. The zero-order chi connectivity index (χ0) is 9.30. The zero-order valence-electron chi connectivity index (χ0n) is 7.37. The van der Waals surface area contributed by atoms with E-state index in [2.05, 4.69) is 0 Å². The summed E-state index contributed by atoms with van der Waals surface area (Å²) in [4.78, 5) is 10.9. The minimum atomic E-state index is -0.772. The van der Waals surface area contributed by atoms with Crippen molar-refractivity contribution in [2.75, 3.05) is 0 Å². The molecule has 0 bridgehead atoms. The van der Waals surface area contributed by atoms with Crippen LogP contribution < -0.4 is 0 Å². The summed E-state index contributed by atoms with van der Waals surface area (Å²) >= 11 is 0. The van der Waals surface area contributed by atoms with Crippen LogP contribution in [-0.4, -0.2) is 22.1 Å². The second-order valence-electron chi connectivity index (χ2n) is 3.48. The van der Waals surface area contributed by atoms with Crippen LogP contribution in [0.4, 0.5) is 0 Å². The standard InChI is InChI=1S/C9H14O3/c1-5-3-7(11)9(6(2)10)8(12)4-5/h5,7,11-12H,3-4H2,1-2H3. The Morgan fingerprint density at radius 1 is 1.58 bits per heavy atom. The number of hydrogen-bond acceptors (Lipinski definition) is 3. The van der Waals surface area contributed by atoms with Gasteiger partial charge in [-0.15, -0.1) is 0 Å². The molecular formula is C9H14O3. The molecule has 0 aromatic carbocycles. The van der Waals surface area contributed by atoms with Crippen LogP contribution in [0, 0.1) is 5.92 Å². The van der Waals surface area contributed by atoms with Crippen molar-refractivity contribution in [1.29, 1.82) is 0 Å². The second-order valence-corrected chi connectivity index (χ2v) is 3.48. The van der Waals surface area contributed by atoms with E-state index in [-0.39, 0.29) is 23.0 Å².